The van der Waals surface area contributed by atoms with E-state index >= 15 is 0 Å². The number of ether oxygens (including phenoxy) is 1. The van der Waals surface area contributed by atoms with Gasteiger partial charge in [-0.25, -0.2) is 4.79 Å². The topological polar surface area (TPSA) is 58.6 Å². The lowest BCUT2D eigenvalue weighted by molar-refractivity contribution is -0.136. The van der Waals surface area contributed by atoms with Crippen LogP contribution in [0, 0.1) is 11.8 Å². The fraction of sp³-hybridized carbons (Fsp3) is 0.652. The number of benzene rings is 1. The third-order valence-electron chi connectivity index (χ3n) is 7.49. The quantitative estimate of drug-likeness (QED) is 0.815. The average Bonchev–Trinajstić information content (AvgIpc) is 3.63. The Labute approximate surface area is 167 Å². The van der Waals surface area contributed by atoms with E-state index in [1.165, 1.54) is 37.5 Å². The number of fused-ring (bicyclic) bond motifs is 1. The van der Waals surface area contributed by atoms with E-state index in [0.717, 1.165) is 25.9 Å². The molecular weight excluding hydrogens is 352 g/mol. The highest BCUT2D eigenvalue weighted by Gasteiger charge is 2.58. The van der Waals surface area contributed by atoms with E-state index in [9.17, 15) is 9.59 Å². The van der Waals surface area contributed by atoms with Crippen LogP contribution in [0.25, 0.3) is 0 Å². The van der Waals surface area contributed by atoms with Crippen molar-refractivity contribution < 1.29 is 14.3 Å². The van der Waals surface area contributed by atoms with Gasteiger partial charge in [-0.15, -0.1) is 0 Å². The van der Waals surface area contributed by atoms with Gasteiger partial charge in [-0.3, -0.25) is 4.79 Å². The van der Waals surface area contributed by atoms with Crippen LogP contribution in [-0.4, -0.2) is 43.6 Å². The van der Waals surface area contributed by atoms with E-state index in [2.05, 4.69) is 41.2 Å². The van der Waals surface area contributed by atoms with Gasteiger partial charge < -0.3 is 15.0 Å². The smallest absolute Gasteiger partial charge is 0.406 e. The molecule has 0 bridgehead atoms. The normalized spacial score (nSPS) is 28.1. The minimum Gasteiger partial charge on any atom is -0.453 e. The fourth-order valence-electron chi connectivity index (χ4n) is 4.94. The zero-order chi connectivity index (χ0) is 19.9. The summed E-state index contributed by atoms with van der Waals surface area (Å²) in [7, 11) is 1.34. The zero-order valence-corrected chi connectivity index (χ0v) is 17.3. The molecule has 0 aromatic heterocycles. The highest BCUT2D eigenvalue weighted by molar-refractivity contribution is 5.80. The van der Waals surface area contributed by atoms with Gasteiger partial charge in [0.15, 0.2) is 0 Å². The Morgan fingerprint density at radius 2 is 1.89 bits per heavy atom. The van der Waals surface area contributed by atoms with E-state index in [1.54, 1.807) is 0 Å². The molecule has 1 aromatic rings. The van der Waals surface area contributed by atoms with Crippen molar-refractivity contribution in [3.05, 3.63) is 35.4 Å². The number of nitrogens with one attached hydrogen (secondary N) is 1. The van der Waals surface area contributed by atoms with E-state index in [1.807, 2.05) is 11.8 Å². The van der Waals surface area contributed by atoms with Crippen LogP contribution in [0.15, 0.2) is 24.3 Å². The molecule has 1 aliphatic heterocycles. The van der Waals surface area contributed by atoms with Crippen molar-refractivity contribution in [2.75, 3.05) is 26.7 Å². The Kier molecular flexibility index (Phi) is 4.88. The second-order valence-corrected chi connectivity index (χ2v) is 9.21. The molecule has 2 saturated carbocycles. The van der Waals surface area contributed by atoms with E-state index in [-0.39, 0.29) is 17.2 Å². The third-order valence-corrected chi connectivity index (χ3v) is 7.49. The summed E-state index contributed by atoms with van der Waals surface area (Å²) in [6, 6.07) is 9.34. The standard InChI is InChI=1S/C23H32N2O3/c1-4-16(14-24-21(27)28-3)20(26)25-12-11-23(13-19(23)15-25)18-7-5-17(6-8-18)22(2)9-10-22/h5-8,16,19H,4,9-15H2,1-3H3,(H,24,27). The van der Waals surface area contributed by atoms with Crippen molar-refractivity contribution >= 4 is 12.0 Å². The first-order valence-electron chi connectivity index (χ1n) is 10.6. The summed E-state index contributed by atoms with van der Waals surface area (Å²) in [5, 5.41) is 2.67. The number of nitrogens with zero attached hydrogens (tertiary/aromatic N) is 1. The third kappa shape index (κ3) is 3.40. The van der Waals surface area contributed by atoms with Crippen LogP contribution in [0.1, 0.15) is 57.1 Å². The summed E-state index contributed by atoms with van der Waals surface area (Å²) in [4.78, 5) is 26.3. The summed E-state index contributed by atoms with van der Waals surface area (Å²) < 4.78 is 4.61. The van der Waals surface area contributed by atoms with Crippen molar-refractivity contribution in [2.24, 2.45) is 11.8 Å². The van der Waals surface area contributed by atoms with Crippen LogP contribution < -0.4 is 5.32 Å². The minimum absolute atomic E-state index is 0.163. The Bertz CT molecular complexity index is 756. The SMILES string of the molecule is CCC(CNC(=O)OC)C(=O)N1CCC2(c3ccc(C4(C)CC4)cc3)CC2C1. The summed E-state index contributed by atoms with van der Waals surface area (Å²) in [6.45, 7) is 6.34. The molecular formula is C23H32N2O3. The fourth-order valence-corrected chi connectivity index (χ4v) is 4.94. The summed E-state index contributed by atoms with van der Waals surface area (Å²) in [6.07, 6.45) is 5.08. The van der Waals surface area contributed by atoms with E-state index in [0.29, 0.717) is 17.9 Å². The predicted octanol–water partition coefficient (Wildman–Crippen LogP) is 3.61. The van der Waals surface area contributed by atoms with Crippen LogP contribution in [0.3, 0.4) is 0 Å². The Balaban J connectivity index is 1.36. The number of hydrogen-bond donors (Lipinski definition) is 1. The van der Waals surface area contributed by atoms with Gasteiger partial charge >= 0.3 is 6.09 Å². The van der Waals surface area contributed by atoms with Crippen LogP contribution in [-0.2, 0) is 20.4 Å². The number of likely N-dealkylation sites (tertiary alicyclic amines) is 1. The Morgan fingerprint density at radius 3 is 2.46 bits per heavy atom. The molecule has 4 rings (SSSR count). The molecule has 2 aliphatic carbocycles. The first-order chi connectivity index (χ1) is 13.4. The maximum atomic E-state index is 12.9. The van der Waals surface area contributed by atoms with Gasteiger partial charge in [-0.2, -0.15) is 0 Å². The predicted molar refractivity (Wildman–Crippen MR) is 108 cm³/mol. The molecule has 2 amide bonds. The molecule has 28 heavy (non-hydrogen) atoms. The average molecular weight is 385 g/mol. The molecule has 1 aromatic carbocycles. The number of rotatable bonds is 6. The van der Waals surface area contributed by atoms with Crippen LogP contribution >= 0.6 is 0 Å². The van der Waals surface area contributed by atoms with E-state index in [4.69, 9.17) is 0 Å². The van der Waals surface area contributed by atoms with Gasteiger partial charge in [0, 0.05) is 25.0 Å². The molecule has 5 heteroatoms. The number of methoxy groups -OCH3 is 1. The Morgan fingerprint density at radius 1 is 1.21 bits per heavy atom. The van der Waals surface area contributed by atoms with Gasteiger partial charge in [0.2, 0.25) is 5.91 Å². The molecule has 1 N–H and O–H groups in total. The number of hydrogen-bond acceptors (Lipinski definition) is 3. The number of amides is 2. The van der Waals surface area contributed by atoms with Gasteiger partial charge in [0.1, 0.15) is 0 Å². The minimum atomic E-state index is -0.477. The van der Waals surface area contributed by atoms with Crippen molar-refractivity contribution in [2.45, 2.75) is 56.8 Å². The molecule has 0 radical (unpaired) electrons. The first kappa shape index (κ1) is 19.3. The molecule has 3 fully saturated rings. The first-order valence-corrected chi connectivity index (χ1v) is 10.6. The molecule has 3 unspecified atom stereocenters. The molecule has 3 aliphatic rings. The lowest BCUT2D eigenvalue weighted by Gasteiger charge is -2.34. The van der Waals surface area contributed by atoms with Crippen molar-refractivity contribution in [3.8, 4) is 0 Å². The Hall–Kier alpha value is -2.04. The molecule has 152 valence electrons. The summed E-state index contributed by atoms with van der Waals surface area (Å²) >= 11 is 0. The van der Waals surface area contributed by atoms with Crippen molar-refractivity contribution in [1.82, 2.24) is 10.2 Å². The molecule has 1 heterocycles. The number of alkyl carbamates (subject to hydrolysis) is 1. The van der Waals surface area contributed by atoms with Crippen molar-refractivity contribution in [1.29, 1.82) is 0 Å². The molecule has 5 nitrogen and oxygen atoms in total. The zero-order valence-electron chi connectivity index (χ0n) is 17.3. The lowest BCUT2D eigenvalue weighted by Crippen LogP contribution is -2.46. The second kappa shape index (κ2) is 7.09. The van der Waals surface area contributed by atoms with Crippen LogP contribution in [0.2, 0.25) is 0 Å². The van der Waals surface area contributed by atoms with Gasteiger partial charge in [0.05, 0.1) is 13.0 Å². The van der Waals surface area contributed by atoms with Gasteiger partial charge in [0.25, 0.3) is 0 Å². The molecule has 0 spiro atoms. The van der Waals surface area contributed by atoms with Crippen LogP contribution in [0.4, 0.5) is 4.79 Å². The highest BCUT2D eigenvalue weighted by atomic mass is 16.5. The number of carbonyl (C=O) groups excluding carboxylic acids is 2. The maximum absolute atomic E-state index is 12.9. The van der Waals surface area contributed by atoms with Crippen LogP contribution in [0.5, 0.6) is 0 Å². The van der Waals surface area contributed by atoms with Gasteiger partial charge in [-0.05, 0) is 54.6 Å². The lowest BCUT2D eigenvalue weighted by atomic mass is 9.85. The van der Waals surface area contributed by atoms with E-state index < -0.39 is 6.09 Å². The molecule has 3 atom stereocenters. The molecule has 1 saturated heterocycles. The summed E-state index contributed by atoms with van der Waals surface area (Å²) in [5.74, 6) is 0.555. The van der Waals surface area contributed by atoms with Gasteiger partial charge in [-0.1, -0.05) is 38.1 Å². The largest absolute Gasteiger partial charge is 0.453 e. The monoisotopic (exact) mass is 384 g/mol. The second-order valence-electron chi connectivity index (χ2n) is 9.21. The highest BCUT2D eigenvalue weighted by Crippen LogP contribution is 2.59. The van der Waals surface area contributed by atoms with Crippen molar-refractivity contribution in [3.63, 3.8) is 0 Å². The number of piperidine rings is 1. The number of carbonyl (C=O) groups is 2. The maximum Gasteiger partial charge on any atom is 0.406 e. The summed E-state index contributed by atoms with van der Waals surface area (Å²) in [5.41, 5.74) is 3.63.